The summed E-state index contributed by atoms with van der Waals surface area (Å²) in [5.41, 5.74) is 5.64. The Morgan fingerprint density at radius 1 is 0.589 bits per heavy atom. The average molecular weight is 783 g/mol. The van der Waals surface area contributed by atoms with Crippen LogP contribution in [0.1, 0.15) is 158 Å². The molecule has 0 heterocycles. The van der Waals surface area contributed by atoms with Gasteiger partial charge in [0, 0.05) is 0 Å². The van der Waals surface area contributed by atoms with Gasteiger partial charge in [0.05, 0.1) is 37.3 Å². The largest absolute Gasteiger partial charge is 0.462 e. The first kappa shape index (κ1) is 43.8. The number of rotatable bonds is 15. The van der Waals surface area contributed by atoms with Crippen molar-refractivity contribution in [3.05, 3.63) is 22.3 Å². The van der Waals surface area contributed by atoms with E-state index in [0.717, 1.165) is 76.0 Å². The fraction of sp³-hybridized carbons (Fsp3) is 0.875. The van der Waals surface area contributed by atoms with Crippen molar-refractivity contribution in [2.75, 3.05) is 39.6 Å². The van der Waals surface area contributed by atoms with Crippen molar-refractivity contribution in [3.8, 4) is 0 Å². The molecule has 0 aromatic heterocycles. The molecule has 2 saturated carbocycles. The number of carbonyl (C=O) groups is 2. The Hall–Kier alpha value is -1.74. The molecule has 10 atom stereocenters. The summed E-state index contributed by atoms with van der Waals surface area (Å²) >= 11 is 0. The van der Waals surface area contributed by atoms with E-state index in [0.29, 0.717) is 11.8 Å². The van der Waals surface area contributed by atoms with Crippen LogP contribution in [0.2, 0.25) is 0 Å². The second kappa shape index (κ2) is 17.9. The quantitative estimate of drug-likeness (QED) is 0.0961. The number of hydrogen-bond acceptors (Lipinski definition) is 8. The van der Waals surface area contributed by atoms with Gasteiger partial charge in [0.15, 0.2) is 0 Å². The Kier molecular flexibility index (Phi) is 14.0. The fourth-order valence-corrected chi connectivity index (χ4v) is 13.3. The lowest BCUT2D eigenvalue weighted by Gasteiger charge is -2.56. The van der Waals surface area contributed by atoms with Crippen LogP contribution < -0.4 is 0 Å². The Morgan fingerprint density at radius 3 is 1.36 bits per heavy atom. The molecule has 0 amide bonds. The number of allylic oxidation sites excluding steroid dienone is 4. The number of hydrogen-bond donors (Lipinski definition) is 2. The highest BCUT2D eigenvalue weighted by Crippen LogP contribution is 2.64. The second-order valence-corrected chi connectivity index (χ2v) is 20.9. The molecule has 2 N–H and O–H groups in total. The number of aliphatic hydroxyl groups is 2. The first-order chi connectivity index (χ1) is 26.5. The minimum atomic E-state index is -0.931. The molecule has 6 aliphatic carbocycles. The predicted octanol–water partition coefficient (Wildman–Crippen LogP) is 9.55. The first-order valence-electron chi connectivity index (χ1n) is 22.8. The third-order valence-electron chi connectivity index (χ3n) is 16.7. The van der Waals surface area contributed by atoms with Crippen LogP contribution in [0.15, 0.2) is 22.3 Å². The molecule has 56 heavy (non-hydrogen) atoms. The Morgan fingerprint density at radius 2 is 0.982 bits per heavy atom. The Labute approximate surface area is 339 Å². The second-order valence-electron chi connectivity index (χ2n) is 20.9. The maximum Gasteiger partial charge on any atom is 0.312 e. The van der Waals surface area contributed by atoms with Gasteiger partial charge in [-0.2, -0.15) is 0 Å². The van der Waals surface area contributed by atoms with Gasteiger partial charge < -0.3 is 29.2 Å². The molecule has 0 spiro atoms. The van der Waals surface area contributed by atoms with Gasteiger partial charge in [-0.3, -0.25) is 9.59 Å². The van der Waals surface area contributed by atoms with Crippen LogP contribution >= 0.6 is 0 Å². The van der Waals surface area contributed by atoms with Crippen LogP contribution in [0.4, 0.5) is 0 Å². The van der Waals surface area contributed by atoms with Gasteiger partial charge in [-0.1, -0.05) is 76.7 Å². The van der Waals surface area contributed by atoms with Crippen LogP contribution in [-0.4, -0.2) is 74.0 Å². The molecule has 0 saturated heterocycles. The smallest absolute Gasteiger partial charge is 0.312 e. The van der Waals surface area contributed by atoms with Crippen molar-refractivity contribution in [2.45, 2.75) is 170 Å². The lowest BCUT2D eigenvalue weighted by Crippen LogP contribution is -2.52. The SMILES string of the molecule is CC(C)C1CCC2=C(CCC3C(C)(C(=O)OCC(O)COCCOCC(O)COC(=O)C4(C)CCCC5(C)C6=C(CCC45)CC(C(C)C)CC6)CCCC23C)C1. The lowest BCUT2D eigenvalue weighted by molar-refractivity contribution is -0.171. The van der Waals surface area contributed by atoms with E-state index in [1.807, 2.05) is 0 Å². The molecule has 6 aliphatic rings. The standard InChI is InChI=1S/C48H78O8/c1-31(2)33-11-15-39-35(25-33)13-17-41-45(39,5)19-9-21-47(41,7)43(51)55-29-37(49)27-53-23-24-54-28-38(50)30-56-44(52)48(8)22-10-20-46(6)40-16-12-34(32(3)4)26-36(40)14-18-42(46)48/h31-34,37-38,41-42,49-50H,9-30H2,1-8H3. The summed E-state index contributed by atoms with van der Waals surface area (Å²) in [6.07, 6.45) is 15.7. The zero-order valence-corrected chi connectivity index (χ0v) is 36.5. The summed E-state index contributed by atoms with van der Waals surface area (Å²) in [4.78, 5) is 27.4. The number of ether oxygens (including phenoxy) is 4. The molecule has 8 nitrogen and oxygen atoms in total. The normalized spacial score (nSPS) is 37.0. The molecule has 6 rings (SSSR count). The zero-order chi connectivity index (χ0) is 40.5. The van der Waals surface area contributed by atoms with E-state index in [4.69, 9.17) is 18.9 Å². The molecule has 0 aromatic rings. The van der Waals surface area contributed by atoms with E-state index in [9.17, 15) is 19.8 Å². The topological polar surface area (TPSA) is 112 Å². The number of aliphatic hydroxyl groups excluding tert-OH is 2. The highest BCUT2D eigenvalue weighted by molar-refractivity contribution is 5.78. The van der Waals surface area contributed by atoms with Crippen molar-refractivity contribution in [2.24, 2.45) is 57.2 Å². The minimum Gasteiger partial charge on any atom is -0.462 e. The Bertz CT molecular complexity index is 1360. The van der Waals surface area contributed by atoms with Gasteiger partial charge in [-0.25, -0.2) is 0 Å². The van der Waals surface area contributed by atoms with Gasteiger partial charge in [0.1, 0.15) is 25.4 Å². The van der Waals surface area contributed by atoms with Gasteiger partial charge in [-0.15, -0.1) is 0 Å². The monoisotopic (exact) mass is 783 g/mol. The maximum atomic E-state index is 13.7. The van der Waals surface area contributed by atoms with Crippen molar-refractivity contribution < 1.29 is 38.7 Å². The summed E-state index contributed by atoms with van der Waals surface area (Å²) < 4.78 is 22.9. The zero-order valence-electron chi connectivity index (χ0n) is 36.5. The van der Waals surface area contributed by atoms with Crippen molar-refractivity contribution in [3.63, 3.8) is 0 Å². The van der Waals surface area contributed by atoms with Crippen molar-refractivity contribution in [1.29, 1.82) is 0 Å². The molecule has 0 aromatic carbocycles. The van der Waals surface area contributed by atoms with E-state index in [2.05, 4.69) is 55.4 Å². The van der Waals surface area contributed by atoms with E-state index in [1.165, 1.54) is 38.5 Å². The first-order valence-corrected chi connectivity index (χ1v) is 22.8. The number of fused-ring (bicyclic) bond motifs is 4. The molecular weight excluding hydrogens is 705 g/mol. The van der Waals surface area contributed by atoms with Gasteiger partial charge >= 0.3 is 11.9 Å². The van der Waals surface area contributed by atoms with E-state index in [-0.39, 0.29) is 74.2 Å². The highest BCUT2D eigenvalue weighted by Gasteiger charge is 2.58. The third-order valence-corrected chi connectivity index (χ3v) is 16.7. The van der Waals surface area contributed by atoms with E-state index < -0.39 is 23.0 Å². The molecular formula is C48H78O8. The van der Waals surface area contributed by atoms with Gasteiger partial charge in [0.25, 0.3) is 0 Å². The van der Waals surface area contributed by atoms with Crippen LogP contribution in [-0.2, 0) is 28.5 Å². The van der Waals surface area contributed by atoms with Crippen molar-refractivity contribution in [1.82, 2.24) is 0 Å². The van der Waals surface area contributed by atoms with Crippen LogP contribution in [0.25, 0.3) is 0 Å². The lowest BCUT2D eigenvalue weighted by atomic mass is 9.48. The van der Waals surface area contributed by atoms with Crippen LogP contribution in [0, 0.1) is 57.2 Å². The summed E-state index contributed by atoms with van der Waals surface area (Å²) in [6, 6.07) is 0. The van der Waals surface area contributed by atoms with Gasteiger partial charge in [0.2, 0.25) is 0 Å². The maximum absolute atomic E-state index is 13.7. The van der Waals surface area contributed by atoms with Gasteiger partial charge in [-0.05, 0) is 150 Å². The summed E-state index contributed by atoms with van der Waals surface area (Å²) in [5, 5.41) is 21.2. The molecule has 0 bridgehead atoms. The molecule has 0 radical (unpaired) electrons. The predicted molar refractivity (Wildman–Crippen MR) is 220 cm³/mol. The number of carbonyl (C=O) groups excluding carboxylic acids is 2. The average Bonchev–Trinajstić information content (AvgIpc) is 3.16. The molecule has 2 fully saturated rings. The summed E-state index contributed by atoms with van der Waals surface area (Å²) in [7, 11) is 0. The summed E-state index contributed by atoms with van der Waals surface area (Å²) in [5.74, 6) is 3.13. The molecule has 10 unspecified atom stereocenters. The molecule has 8 heteroatoms. The van der Waals surface area contributed by atoms with E-state index >= 15 is 0 Å². The highest BCUT2D eigenvalue weighted by atomic mass is 16.6. The summed E-state index contributed by atoms with van der Waals surface area (Å²) in [6.45, 7) is 18.7. The van der Waals surface area contributed by atoms with Crippen LogP contribution in [0.3, 0.4) is 0 Å². The molecule has 0 aliphatic heterocycles. The van der Waals surface area contributed by atoms with Crippen molar-refractivity contribution >= 4 is 11.9 Å². The fourth-order valence-electron chi connectivity index (χ4n) is 13.3. The molecule has 318 valence electrons. The Balaban J connectivity index is 0.878. The minimum absolute atomic E-state index is 0.0251. The van der Waals surface area contributed by atoms with E-state index in [1.54, 1.807) is 22.3 Å². The third kappa shape index (κ3) is 8.75. The van der Waals surface area contributed by atoms with Crippen LogP contribution in [0.5, 0.6) is 0 Å². The number of esters is 2.